The summed E-state index contributed by atoms with van der Waals surface area (Å²) >= 11 is 1.37. The Morgan fingerprint density at radius 1 is 1.32 bits per heavy atom. The summed E-state index contributed by atoms with van der Waals surface area (Å²) in [4.78, 5) is 34.5. The lowest BCUT2D eigenvalue weighted by atomic mass is 10.0. The van der Waals surface area contributed by atoms with Gasteiger partial charge in [0.2, 0.25) is 11.8 Å². The molecule has 1 heterocycles. The van der Waals surface area contributed by atoms with Gasteiger partial charge < -0.3 is 15.4 Å². The summed E-state index contributed by atoms with van der Waals surface area (Å²) in [6, 6.07) is 8.67. The van der Waals surface area contributed by atoms with Crippen LogP contribution < -0.4 is 10.6 Å². The number of hydrogen-bond acceptors (Lipinski definition) is 5. The maximum atomic E-state index is 12.0. The van der Waals surface area contributed by atoms with Crippen molar-refractivity contribution in [1.82, 2.24) is 10.6 Å². The Kier molecular flexibility index (Phi) is 5.83. The van der Waals surface area contributed by atoms with Gasteiger partial charge in [-0.3, -0.25) is 14.4 Å². The molecule has 1 saturated heterocycles. The van der Waals surface area contributed by atoms with Crippen LogP contribution in [0.4, 0.5) is 0 Å². The molecule has 0 aliphatic carbocycles. The van der Waals surface area contributed by atoms with Gasteiger partial charge in [0.05, 0.1) is 25.3 Å². The molecule has 0 spiro atoms. The highest BCUT2D eigenvalue weighted by Gasteiger charge is 2.39. The number of ether oxygens (including phenoxy) is 1. The van der Waals surface area contributed by atoms with Crippen LogP contribution in [0.3, 0.4) is 0 Å². The molecular formula is C15H18N2O4S. The van der Waals surface area contributed by atoms with E-state index in [4.69, 9.17) is 0 Å². The minimum Gasteiger partial charge on any atom is -0.468 e. The van der Waals surface area contributed by atoms with E-state index >= 15 is 0 Å². The van der Waals surface area contributed by atoms with Crippen molar-refractivity contribution in [2.75, 3.05) is 18.6 Å². The van der Waals surface area contributed by atoms with Crippen molar-refractivity contribution >= 4 is 29.5 Å². The first kappa shape index (κ1) is 16.4. The molecular weight excluding hydrogens is 304 g/mol. The molecule has 2 N–H and O–H groups in total. The third-order valence-electron chi connectivity index (χ3n) is 3.28. The van der Waals surface area contributed by atoms with Crippen molar-refractivity contribution in [2.24, 2.45) is 0 Å². The Balaban J connectivity index is 1.76. The zero-order chi connectivity index (χ0) is 15.9. The molecule has 1 aromatic carbocycles. The average Bonchev–Trinajstić information content (AvgIpc) is 2.52. The van der Waals surface area contributed by atoms with E-state index in [9.17, 15) is 14.4 Å². The third-order valence-corrected chi connectivity index (χ3v) is 4.32. The van der Waals surface area contributed by atoms with Crippen LogP contribution in [-0.2, 0) is 25.5 Å². The molecule has 1 aliphatic rings. The number of methoxy groups -OCH3 is 1. The second-order valence-electron chi connectivity index (χ2n) is 4.91. The Labute approximate surface area is 133 Å². The lowest BCUT2D eigenvalue weighted by Gasteiger charge is -2.36. The predicted octanol–water partition coefficient (Wildman–Crippen LogP) is 0.119. The van der Waals surface area contributed by atoms with Gasteiger partial charge in [-0.15, -0.1) is 11.8 Å². The second-order valence-corrected chi connectivity index (χ2v) is 5.94. The van der Waals surface area contributed by atoms with Gasteiger partial charge in [-0.2, -0.15) is 0 Å². The van der Waals surface area contributed by atoms with Crippen molar-refractivity contribution in [3.63, 3.8) is 0 Å². The molecule has 0 saturated carbocycles. The van der Waals surface area contributed by atoms with Gasteiger partial charge in [-0.25, -0.2) is 0 Å². The maximum absolute atomic E-state index is 12.0. The van der Waals surface area contributed by atoms with Crippen LogP contribution in [-0.4, -0.2) is 48.5 Å². The number of thioether (sulfide) groups is 1. The van der Waals surface area contributed by atoms with Gasteiger partial charge in [0.15, 0.2) is 0 Å². The molecule has 2 rings (SSSR count). The van der Waals surface area contributed by atoms with Crippen molar-refractivity contribution in [3.8, 4) is 0 Å². The molecule has 0 unspecified atom stereocenters. The van der Waals surface area contributed by atoms with E-state index in [1.165, 1.54) is 18.9 Å². The highest BCUT2D eigenvalue weighted by Crippen LogP contribution is 2.14. The first-order valence-electron chi connectivity index (χ1n) is 6.88. The lowest BCUT2D eigenvalue weighted by Crippen LogP contribution is -2.70. The van der Waals surface area contributed by atoms with Crippen LogP contribution in [0.5, 0.6) is 0 Å². The fourth-order valence-electron chi connectivity index (χ4n) is 2.08. The Bertz CT molecular complexity index is 550. The molecule has 1 fully saturated rings. The monoisotopic (exact) mass is 322 g/mol. The predicted molar refractivity (Wildman–Crippen MR) is 83.3 cm³/mol. The number of benzene rings is 1. The van der Waals surface area contributed by atoms with Gasteiger partial charge in [0, 0.05) is 5.75 Å². The molecule has 0 radical (unpaired) electrons. The summed E-state index contributed by atoms with van der Waals surface area (Å²) in [5.41, 5.74) is 0.899. The molecule has 2 atom stereocenters. The topological polar surface area (TPSA) is 84.5 Å². The molecule has 0 bridgehead atoms. The van der Waals surface area contributed by atoms with Crippen molar-refractivity contribution < 1.29 is 19.1 Å². The molecule has 7 heteroatoms. The molecule has 22 heavy (non-hydrogen) atoms. The number of carbonyl (C=O) groups is 3. The smallest absolute Gasteiger partial charge is 0.315 e. The SMILES string of the molecule is COC(=O)CSC[C@@H]1NC(=O)[C@H]1NC(=O)Cc1ccccc1. The van der Waals surface area contributed by atoms with Crippen LogP contribution >= 0.6 is 11.8 Å². The molecule has 1 aromatic rings. The van der Waals surface area contributed by atoms with E-state index in [1.54, 1.807) is 0 Å². The fraction of sp³-hybridized carbons (Fsp3) is 0.400. The van der Waals surface area contributed by atoms with Crippen LogP contribution in [0.1, 0.15) is 5.56 Å². The maximum Gasteiger partial charge on any atom is 0.315 e. The summed E-state index contributed by atoms with van der Waals surface area (Å²) in [6.07, 6.45) is 0.243. The van der Waals surface area contributed by atoms with Crippen LogP contribution in [0.2, 0.25) is 0 Å². The number of amides is 2. The molecule has 1 aliphatic heterocycles. The zero-order valence-corrected chi connectivity index (χ0v) is 13.0. The van der Waals surface area contributed by atoms with E-state index in [2.05, 4.69) is 15.4 Å². The number of carbonyl (C=O) groups excluding carboxylic acids is 3. The Morgan fingerprint density at radius 2 is 2.05 bits per heavy atom. The third kappa shape index (κ3) is 4.49. The van der Waals surface area contributed by atoms with E-state index < -0.39 is 6.04 Å². The van der Waals surface area contributed by atoms with Gasteiger partial charge in [0.25, 0.3) is 0 Å². The van der Waals surface area contributed by atoms with Crippen molar-refractivity contribution in [2.45, 2.75) is 18.5 Å². The van der Waals surface area contributed by atoms with Crippen LogP contribution in [0.25, 0.3) is 0 Å². The quantitative estimate of drug-likeness (QED) is 0.550. The molecule has 2 amide bonds. The summed E-state index contributed by atoms with van der Waals surface area (Å²) in [7, 11) is 1.33. The van der Waals surface area contributed by atoms with E-state index in [0.29, 0.717) is 5.75 Å². The number of nitrogens with one attached hydrogen (secondary N) is 2. The lowest BCUT2D eigenvalue weighted by molar-refractivity contribution is -0.137. The molecule has 6 nitrogen and oxygen atoms in total. The first-order valence-corrected chi connectivity index (χ1v) is 8.04. The van der Waals surface area contributed by atoms with Gasteiger partial charge in [0.1, 0.15) is 6.04 Å². The summed E-state index contributed by atoms with van der Waals surface area (Å²) in [5, 5.41) is 5.46. The Morgan fingerprint density at radius 3 is 2.68 bits per heavy atom. The van der Waals surface area contributed by atoms with Crippen molar-refractivity contribution in [3.05, 3.63) is 35.9 Å². The van der Waals surface area contributed by atoms with Crippen LogP contribution in [0.15, 0.2) is 30.3 Å². The summed E-state index contributed by atoms with van der Waals surface area (Å²) in [6.45, 7) is 0. The highest BCUT2D eigenvalue weighted by molar-refractivity contribution is 7.99. The summed E-state index contributed by atoms with van der Waals surface area (Å²) in [5.74, 6) is 0.101. The first-order chi connectivity index (χ1) is 10.6. The largest absolute Gasteiger partial charge is 0.468 e. The van der Waals surface area contributed by atoms with Gasteiger partial charge in [-0.1, -0.05) is 30.3 Å². The number of hydrogen-bond donors (Lipinski definition) is 2. The van der Waals surface area contributed by atoms with E-state index in [-0.39, 0.29) is 36.0 Å². The second kappa shape index (κ2) is 7.84. The van der Waals surface area contributed by atoms with E-state index in [1.807, 2.05) is 30.3 Å². The highest BCUT2D eigenvalue weighted by atomic mass is 32.2. The standard InChI is InChI=1S/C15H18N2O4S/c1-21-13(19)9-22-8-11-14(15(20)16-11)17-12(18)7-10-5-3-2-4-6-10/h2-6,11,14H,7-9H2,1H3,(H,16,20)(H,17,18)/t11-,14-/m0/s1. The minimum atomic E-state index is -0.527. The van der Waals surface area contributed by atoms with Crippen LogP contribution in [0, 0.1) is 0 Å². The van der Waals surface area contributed by atoms with Gasteiger partial charge >= 0.3 is 5.97 Å². The summed E-state index contributed by atoms with van der Waals surface area (Å²) < 4.78 is 4.55. The van der Waals surface area contributed by atoms with Gasteiger partial charge in [-0.05, 0) is 5.56 Å². The van der Waals surface area contributed by atoms with E-state index in [0.717, 1.165) is 5.56 Å². The molecule has 118 valence electrons. The zero-order valence-electron chi connectivity index (χ0n) is 12.2. The van der Waals surface area contributed by atoms with Crippen molar-refractivity contribution in [1.29, 1.82) is 0 Å². The average molecular weight is 322 g/mol. The minimum absolute atomic E-state index is 0.151. The number of rotatable bonds is 7. The normalized spacial score (nSPS) is 19.8. The molecule has 0 aromatic heterocycles. The fourth-order valence-corrected chi connectivity index (χ4v) is 3.01. The Hall–Kier alpha value is -2.02. The number of esters is 1. The number of β-lactam (4-membered cyclic amide) rings is 1.